The molecule has 0 atom stereocenters. The summed E-state index contributed by atoms with van der Waals surface area (Å²) >= 11 is 0. The van der Waals surface area contributed by atoms with Gasteiger partial charge in [0.15, 0.2) is 0 Å². The molecular formula is C22H28N2O2. The van der Waals surface area contributed by atoms with Crippen molar-refractivity contribution in [1.82, 2.24) is 9.80 Å². The Hall–Kier alpha value is -2.33. The third kappa shape index (κ3) is 5.09. The minimum Gasteiger partial charge on any atom is -0.497 e. The first-order valence-electron chi connectivity index (χ1n) is 9.46. The van der Waals surface area contributed by atoms with E-state index in [4.69, 9.17) is 4.74 Å². The molecule has 0 bridgehead atoms. The van der Waals surface area contributed by atoms with Gasteiger partial charge in [0.1, 0.15) is 5.75 Å². The minimum absolute atomic E-state index is 0.122. The fraction of sp³-hybridized carbons (Fsp3) is 0.409. The number of hydrogen-bond acceptors (Lipinski definition) is 3. The molecule has 0 aromatic heterocycles. The van der Waals surface area contributed by atoms with Crippen molar-refractivity contribution in [2.24, 2.45) is 0 Å². The van der Waals surface area contributed by atoms with Crippen LogP contribution in [0.25, 0.3) is 0 Å². The summed E-state index contributed by atoms with van der Waals surface area (Å²) in [6, 6.07) is 18.0. The molecule has 1 aliphatic heterocycles. The first-order chi connectivity index (χ1) is 12.8. The topological polar surface area (TPSA) is 32.8 Å². The summed E-state index contributed by atoms with van der Waals surface area (Å²) in [5.41, 5.74) is 2.16. The Bertz CT molecular complexity index is 677. The molecule has 0 N–H and O–H groups in total. The Morgan fingerprint density at radius 1 is 0.923 bits per heavy atom. The van der Waals surface area contributed by atoms with Crippen LogP contribution < -0.4 is 4.74 Å². The summed E-state index contributed by atoms with van der Waals surface area (Å²) in [4.78, 5) is 17.0. The lowest BCUT2D eigenvalue weighted by Gasteiger charge is -2.34. The first-order valence-corrected chi connectivity index (χ1v) is 9.46. The average Bonchev–Trinajstić information content (AvgIpc) is 2.72. The summed E-state index contributed by atoms with van der Waals surface area (Å²) < 4.78 is 5.15. The molecule has 1 heterocycles. The lowest BCUT2D eigenvalue weighted by molar-refractivity contribution is 0.0635. The van der Waals surface area contributed by atoms with E-state index in [0.717, 1.165) is 50.5 Å². The number of ether oxygens (including phenoxy) is 1. The van der Waals surface area contributed by atoms with E-state index in [0.29, 0.717) is 0 Å². The second-order valence-corrected chi connectivity index (χ2v) is 6.81. The molecule has 1 fully saturated rings. The zero-order valence-corrected chi connectivity index (χ0v) is 15.6. The van der Waals surface area contributed by atoms with E-state index in [9.17, 15) is 4.79 Å². The Kier molecular flexibility index (Phi) is 6.67. The Morgan fingerprint density at radius 3 is 2.27 bits per heavy atom. The zero-order valence-electron chi connectivity index (χ0n) is 15.6. The van der Waals surface area contributed by atoms with E-state index in [1.54, 1.807) is 7.11 Å². The maximum atomic E-state index is 12.6. The second kappa shape index (κ2) is 9.39. The monoisotopic (exact) mass is 352 g/mol. The highest BCUT2D eigenvalue weighted by Crippen LogP contribution is 2.14. The molecule has 1 saturated heterocycles. The maximum Gasteiger partial charge on any atom is 0.253 e. The molecule has 0 saturated carbocycles. The van der Waals surface area contributed by atoms with Crippen molar-refractivity contribution in [2.75, 3.05) is 39.8 Å². The molecule has 0 aliphatic carbocycles. The van der Waals surface area contributed by atoms with Crippen molar-refractivity contribution < 1.29 is 9.53 Å². The Balaban J connectivity index is 1.37. The van der Waals surface area contributed by atoms with Crippen LogP contribution in [0.1, 0.15) is 28.8 Å². The fourth-order valence-corrected chi connectivity index (χ4v) is 3.40. The molecule has 2 aromatic carbocycles. The van der Waals surface area contributed by atoms with Crippen LogP contribution in [0.2, 0.25) is 0 Å². The molecule has 138 valence electrons. The van der Waals surface area contributed by atoms with Crippen LogP contribution in [0, 0.1) is 0 Å². The van der Waals surface area contributed by atoms with E-state index >= 15 is 0 Å². The highest BCUT2D eigenvalue weighted by atomic mass is 16.5. The molecule has 0 unspecified atom stereocenters. The van der Waals surface area contributed by atoms with Crippen LogP contribution in [0.4, 0.5) is 0 Å². The van der Waals surface area contributed by atoms with E-state index in [1.165, 1.54) is 18.4 Å². The summed E-state index contributed by atoms with van der Waals surface area (Å²) in [6.45, 7) is 4.67. The SMILES string of the molecule is COc1ccc(C(=O)N2CCN(CCCCc3ccccc3)CC2)cc1. The number of carbonyl (C=O) groups is 1. The largest absolute Gasteiger partial charge is 0.497 e. The predicted molar refractivity (Wildman–Crippen MR) is 105 cm³/mol. The lowest BCUT2D eigenvalue weighted by Crippen LogP contribution is -2.48. The molecule has 0 spiro atoms. The van der Waals surface area contributed by atoms with Crippen molar-refractivity contribution in [3.8, 4) is 5.75 Å². The number of nitrogens with zero attached hydrogens (tertiary/aromatic N) is 2. The quantitative estimate of drug-likeness (QED) is 0.715. The summed E-state index contributed by atoms with van der Waals surface area (Å²) in [5, 5.41) is 0. The number of piperazine rings is 1. The van der Waals surface area contributed by atoms with Gasteiger partial charge in [0.25, 0.3) is 5.91 Å². The van der Waals surface area contributed by atoms with Crippen LogP contribution in [0.15, 0.2) is 54.6 Å². The number of benzene rings is 2. The smallest absolute Gasteiger partial charge is 0.253 e. The maximum absolute atomic E-state index is 12.6. The minimum atomic E-state index is 0.122. The van der Waals surface area contributed by atoms with Gasteiger partial charge in [0.05, 0.1) is 7.11 Å². The Labute approximate surface area is 156 Å². The second-order valence-electron chi connectivity index (χ2n) is 6.81. The van der Waals surface area contributed by atoms with Crippen molar-refractivity contribution in [3.05, 3.63) is 65.7 Å². The Morgan fingerprint density at radius 2 is 1.62 bits per heavy atom. The number of carbonyl (C=O) groups excluding carboxylic acids is 1. The van der Waals surface area contributed by atoms with Crippen molar-refractivity contribution >= 4 is 5.91 Å². The standard InChI is InChI=1S/C22H28N2O2/c1-26-21-12-10-20(11-13-21)22(25)24-17-15-23(16-18-24)14-6-5-9-19-7-3-2-4-8-19/h2-4,7-8,10-13H,5-6,9,14-18H2,1H3. The van der Waals surface area contributed by atoms with Gasteiger partial charge in [-0.25, -0.2) is 0 Å². The van der Waals surface area contributed by atoms with Crippen LogP contribution in [0.3, 0.4) is 0 Å². The van der Waals surface area contributed by atoms with Gasteiger partial charge in [-0.05, 0) is 55.6 Å². The molecule has 4 nitrogen and oxygen atoms in total. The van der Waals surface area contributed by atoms with E-state index in [2.05, 4.69) is 35.2 Å². The van der Waals surface area contributed by atoms with Gasteiger partial charge in [-0.15, -0.1) is 0 Å². The number of aryl methyl sites for hydroxylation is 1. The summed E-state index contributed by atoms with van der Waals surface area (Å²) in [6.07, 6.45) is 3.58. The van der Waals surface area contributed by atoms with E-state index in [1.807, 2.05) is 29.2 Å². The van der Waals surface area contributed by atoms with Crippen LogP contribution in [0.5, 0.6) is 5.75 Å². The highest BCUT2D eigenvalue weighted by molar-refractivity contribution is 5.94. The van der Waals surface area contributed by atoms with Crippen LogP contribution >= 0.6 is 0 Å². The van der Waals surface area contributed by atoms with Gasteiger partial charge in [0.2, 0.25) is 0 Å². The average molecular weight is 352 g/mol. The predicted octanol–water partition coefficient (Wildman–Crippen LogP) is 3.48. The zero-order chi connectivity index (χ0) is 18.2. The van der Waals surface area contributed by atoms with E-state index in [-0.39, 0.29) is 5.91 Å². The van der Waals surface area contributed by atoms with Gasteiger partial charge in [0, 0.05) is 31.7 Å². The molecule has 1 aliphatic rings. The van der Waals surface area contributed by atoms with Gasteiger partial charge >= 0.3 is 0 Å². The number of amides is 1. The van der Waals surface area contributed by atoms with Crippen LogP contribution in [-0.4, -0.2) is 55.5 Å². The normalized spacial score (nSPS) is 15.0. The molecular weight excluding hydrogens is 324 g/mol. The molecule has 2 aromatic rings. The number of rotatable bonds is 7. The van der Waals surface area contributed by atoms with E-state index < -0.39 is 0 Å². The van der Waals surface area contributed by atoms with Gasteiger partial charge in [-0.3, -0.25) is 9.69 Å². The van der Waals surface area contributed by atoms with Gasteiger partial charge in [-0.2, -0.15) is 0 Å². The summed E-state index contributed by atoms with van der Waals surface area (Å²) in [7, 11) is 1.63. The molecule has 3 rings (SSSR count). The molecule has 4 heteroatoms. The fourth-order valence-electron chi connectivity index (χ4n) is 3.40. The number of unbranched alkanes of at least 4 members (excludes halogenated alkanes) is 1. The molecule has 1 amide bonds. The highest BCUT2D eigenvalue weighted by Gasteiger charge is 2.21. The first kappa shape index (κ1) is 18.5. The van der Waals surface area contributed by atoms with Crippen molar-refractivity contribution in [2.45, 2.75) is 19.3 Å². The molecule has 26 heavy (non-hydrogen) atoms. The lowest BCUT2D eigenvalue weighted by atomic mass is 10.1. The number of methoxy groups -OCH3 is 1. The van der Waals surface area contributed by atoms with Crippen LogP contribution in [-0.2, 0) is 6.42 Å². The number of hydrogen-bond donors (Lipinski definition) is 0. The van der Waals surface area contributed by atoms with Gasteiger partial charge in [-0.1, -0.05) is 30.3 Å². The van der Waals surface area contributed by atoms with Crippen molar-refractivity contribution in [1.29, 1.82) is 0 Å². The summed E-state index contributed by atoms with van der Waals surface area (Å²) in [5.74, 6) is 0.901. The molecule has 0 radical (unpaired) electrons. The third-order valence-electron chi connectivity index (χ3n) is 5.03. The third-order valence-corrected chi connectivity index (χ3v) is 5.03. The van der Waals surface area contributed by atoms with Crippen molar-refractivity contribution in [3.63, 3.8) is 0 Å². The van der Waals surface area contributed by atoms with Gasteiger partial charge < -0.3 is 9.64 Å².